The van der Waals surface area contributed by atoms with Crippen LogP contribution in [-0.4, -0.2) is 18.9 Å². The van der Waals surface area contributed by atoms with Crippen molar-refractivity contribution in [2.45, 2.75) is 0 Å². The number of fused-ring (bicyclic) bond motifs is 1. The molecule has 0 saturated carbocycles. The second kappa shape index (κ2) is 2.80. The van der Waals surface area contributed by atoms with Crippen LogP contribution < -0.4 is 5.43 Å². The Hall–Kier alpha value is -1.60. The first-order valence-electron chi connectivity index (χ1n) is 3.63. The third-order valence-corrected chi connectivity index (χ3v) is 1.77. The molecule has 0 aromatic heterocycles. The number of nitrogens with one attached hydrogen (secondary N) is 1. The summed E-state index contributed by atoms with van der Waals surface area (Å²) in [7, 11) is 0. The first-order chi connectivity index (χ1) is 5.92. The van der Waals surface area contributed by atoms with E-state index in [-0.39, 0.29) is 0 Å². The Morgan fingerprint density at radius 3 is 3.42 bits per heavy atom. The van der Waals surface area contributed by atoms with Gasteiger partial charge >= 0.3 is 0 Å². The van der Waals surface area contributed by atoms with Crippen molar-refractivity contribution in [1.82, 2.24) is 5.43 Å². The highest BCUT2D eigenvalue weighted by Crippen LogP contribution is 2.16. The first-order valence-corrected chi connectivity index (χ1v) is 3.63. The molecule has 2 aliphatic rings. The maximum atomic E-state index is 8.74. The Kier molecular flexibility index (Phi) is 1.65. The molecule has 0 aromatic rings. The zero-order chi connectivity index (χ0) is 8.39. The molecule has 1 N–H and O–H groups in total. The third kappa shape index (κ3) is 1.00. The molecule has 4 heteroatoms. The van der Waals surface area contributed by atoms with Gasteiger partial charge in [-0.25, -0.2) is 0 Å². The van der Waals surface area contributed by atoms with Crippen molar-refractivity contribution in [3.8, 4) is 6.07 Å². The lowest BCUT2D eigenvalue weighted by Gasteiger charge is -2.18. The third-order valence-electron chi connectivity index (χ3n) is 1.77. The van der Waals surface area contributed by atoms with Crippen molar-refractivity contribution < 1.29 is 4.74 Å². The highest BCUT2D eigenvalue weighted by atomic mass is 16.5. The Morgan fingerprint density at radius 2 is 2.58 bits per heavy atom. The number of ether oxygens (including phenoxy) is 1. The number of hydrogen-bond donors (Lipinski definition) is 1. The molecule has 0 radical (unpaired) electrons. The van der Waals surface area contributed by atoms with E-state index in [0.29, 0.717) is 18.8 Å². The van der Waals surface area contributed by atoms with E-state index in [0.717, 1.165) is 11.3 Å². The van der Waals surface area contributed by atoms with Crippen LogP contribution in [0, 0.1) is 11.3 Å². The van der Waals surface area contributed by atoms with Gasteiger partial charge in [-0.2, -0.15) is 10.4 Å². The van der Waals surface area contributed by atoms with E-state index in [2.05, 4.69) is 16.6 Å². The number of nitrogens with zero attached hydrogens (tertiary/aromatic N) is 2. The molecule has 0 bridgehead atoms. The van der Waals surface area contributed by atoms with E-state index in [1.807, 2.05) is 6.08 Å². The largest absolute Gasteiger partial charge is 0.371 e. The van der Waals surface area contributed by atoms with Gasteiger partial charge in [0.05, 0.1) is 24.5 Å². The minimum atomic E-state index is 0.484. The normalized spacial score (nSPS) is 20.8. The van der Waals surface area contributed by atoms with Gasteiger partial charge in [0.1, 0.15) is 6.07 Å². The van der Waals surface area contributed by atoms with Gasteiger partial charge in [0.2, 0.25) is 0 Å². The Bertz CT molecular complexity index is 333. The average molecular weight is 161 g/mol. The van der Waals surface area contributed by atoms with Gasteiger partial charge in [0, 0.05) is 11.8 Å². The molecule has 4 nitrogen and oxygen atoms in total. The van der Waals surface area contributed by atoms with E-state index in [9.17, 15) is 0 Å². The van der Waals surface area contributed by atoms with Crippen molar-refractivity contribution in [2.75, 3.05) is 13.2 Å². The molecule has 12 heavy (non-hydrogen) atoms. The van der Waals surface area contributed by atoms with Gasteiger partial charge in [0.15, 0.2) is 0 Å². The molecule has 2 heterocycles. The molecule has 60 valence electrons. The van der Waals surface area contributed by atoms with Crippen LogP contribution >= 0.6 is 0 Å². The van der Waals surface area contributed by atoms with Gasteiger partial charge in [-0.3, -0.25) is 5.43 Å². The molecule has 0 aliphatic carbocycles. The minimum Gasteiger partial charge on any atom is -0.371 e. The van der Waals surface area contributed by atoms with E-state index < -0.39 is 0 Å². The maximum Gasteiger partial charge on any atom is 0.101 e. The predicted octanol–water partition coefficient (Wildman–Crippen LogP) is 0.310. The van der Waals surface area contributed by atoms with Gasteiger partial charge < -0.3 is 4.74 Å². The number of rotatable bonds is 0. The summed E-state index contributed by atoms with van der Waals surface area (Å²) in [6.07, 6.45) is 3.47. The summed E-state index contributed by atoms with van der Waals surface area (Å²) < 4.78 is 5.15. The van der Waals surface area contributed by atoms with Crippen LogP contribution in [0.3, 0.4) is 0 Å². The number of hydrazone groups is 1. The van der Waals surface area contributed by atoms with E-state index >= 15 is 0 Å². The molecule has 0 atom stereocenters. The Labute approximate surface area is 69.8 Å². The first kappa shape index (κ1) is 7.07. The van der Waals surface area contributed by atoms with Crippen molar-refractivity contribution in [2.24, 2.45) is 5.10 Å². The van der Waals surface area contributed by atoms with Gasteiger partial charge in [-0.05, 0) is 6.08 Å². The highest BCUT2D eigenvalue weighted by Gasteiger charge is 2.18. The zero-order valence-electron chi connectivity index (χ0n) is 6.37. The average Bonchev–Trinajstić information content (AvgIpc) is 2.17. The summed E-state index contributed by atoms with van der Waals surface area (Å²) in [5.74, 6) is 0. The Balaban J connectivity index is 2.39. The summed E-state index contributed by atoms with van der Waals surface area (Å²) in [6, 6.07) is 2.10. The van der Waals surface area contributed by atoms with Gasteiger partial charge in [-0.15, -0.1) is 0 Å². The molecule has 2 rings (SSSR count). The van der Waals surface area contributed by atoms with Gasteiger partial charge in [0.25, 0.3) is 0 Å². The standard InChI is InChI=1S/C8H7N3O/c9-3-6-4-10-11-8-5-12-2-1-7(6)8/h1,4,10H,2,5H2. The zero-order valence-corrected chi connectivity index (χ0v) is 6.37. The topological polar surface area (TPSA) is 57.4 Å². The van der Waals surface area contributed by atoms with Crippen LogP contribution in [-0.2, 0) is 4.74 Å². The van der Waals surface area contributed by atoms with Crippen molar-refractivity contribution in [1.29, 1.82) is 5.26 Å². The van der Waals surface area contributed by atoms with E-state index in [4.69, 9.17) is 10.00 Å². The molecular formula is C8H7N3O. The monoisotopic (exact) mass is 161 g/mol. The molecule has 0 saturated heterocycles. The fraction of sp³-hybridized carbons (Fsp3) is 0.250. The van der Waals surface area contributed by atoms with Crippen molar-refractivity contribution >= 4 is 5.71 Å². The molecular weight excluding hydrogens is 154 g/mol. The lowest BCUT2D eigenvalue weighted by Crippen LogP contribution is -2.24. The molecule has 0 amide bonds. The van der Waals surface area contributed by atoms with Gasteiger partial charge in [-0.1, -0.05) is 0 Å². The highest BCUT2D eigenvalue weighted by molar-refractivity contribution is 6.06. The maximum absolute atomic E-state index is 8.74. The van der Waals surface area contributed by atoms with Crippen LogP contribution in [0.4, 0.5) is 0 Å². The summed E-state index contributed by atoms with van der Waals surface area (Å²) in [5, 5.41) is 12.7. The van der Waals surface area contributed by atoms with Crippen molar-refractivity contribution in [3.63, 3.8) is 0 Å². The molecule has 0 aromatic carbocycles. The van der Waals surface area contributed by atoms with Crippen LogP contribution in [0.15, 0.2) is 28.5 Å². The fourth-order valence-electron chi connectivity index (χ4n) is 1.20. The predicted molar refractivity (Wildman–Crippen MR) is 43.2 cm³/mol. The van der Waals surface area contributed by atoms with Crippen LogP contribution in [0.2, 0.25) is 0 Å². The number of hydrogen-bond acceptors (Lipinski definition) is 4. The Morgan fingerprint density at radius 1 is 1.67 bits per heavy atom. The number of allylic oxidation sites excluding steroid dienone is 1. The van der Waals surface area contributed by atoms with Crippen LogP contribution in [0.25, 0.3) is 0 Å². The molecule has 2 aliphatic heterocycles. The molecule has 0 spiro atoms. The summed E-state index contributed by atoms with van der Waals surface area (Å²) in [5.41, 5.74) is 5.01. The SMILES string of the molecule is N#CC1=CNN=C2COCC=C12. The van der Waals surface area contributed by atoms with Crippen molar-refractivity contribution in [3.05, 3.63) is 23.4 Å². The number of nitriles is 1. The smallest absolute Gasteiger partial charge is 0.101 e. The van der Waals surface area contributed by atoms with E-state index in [1.165, 1.54) is 0 Å². The lowest BCUT2D eigenvalue weighted by molar-refractivity contribution is 0.199. The second-order valence-electron chi connectivity index (χ2n) is 2.49. The lowest BCUT2D eigenvalue weighted by atomic mass is 10.0. The van der Waals surface area contributed by atoms with Crippen LogP contribution in [0.1, 0.15) is 0 Å². The summed E-state index contributed by atoms with van der Waals surface area (Å²) >= 11 is 0. The molecule has 0 unspecified atom stereocenters. The summed E-state index contributed by atoms with van der Waals surface area (Å²) in [4.78, 5) is 0. The summed E-state index contributed by atoms with van der Waals surface area (Å²) in [6.45, 7) is 1.05. The quantitative estimate of drug-likeness (QED) is 0.556. The van der Waals surface area contributed by atoms with Crippen LogP contribution in [0.5, 0.6) is 0 Å². The molecule has 0 fully saturated rings. The second-order valence-corrected chi connectivity index (χ2v) is 2.49. The minimum absolute atomic E-state index is 0.484. The van der Waals surface area contributed by atoms with E-state index in [1.54, 1.807) is 6.20 Å². The fourth-order valence-corrected chi connectivity index (χ4v) is 1.20.